The van der Waals surface area contributed by atoms with E-state index in [0.717, 1.165) is 12.5 Å². The molecule has 0 amide bonds. The van der Waals surface area contributed by atoms with Crippen LogP contribution in [0.15, 0.2) is 35.5 Å². The van der Waals surface area contributed by atoms with Crippen LogP contribution >= 0.6 is 0 Å². The van der Waals surface area contributed by atoms with E-state index in [1.807, 2.05) is 6.92 Å². The van der Waals surface area contributed by atoms with Crippen molar-refractivity contribution in [3.05, 3.63) is 47.4 Å². The fourth-order valence-electron chi connectivity index (χ4n) is 1.54. The second kappa shape index (κ2) is 7.31. The topological polar surface area (TPSA) is 64.7 Å². The lowest BCUT2D eigenvalue weighted by Crippen LogP contribution is -2.06. The summed E-state index contributed by atoms with van der Waals surface area (Å²) in [6.45, 7) is 2.59. The molecule has 0 bridgehead atoms. The van der Waals surface area contributed by atoms with Gasteiger partial charge in [-0.15, -0.1) is 0 Å². The number of nitrogens with two attached hydrogens (primary N) is 1. The van der Waals surface area contributed by atoms with Gasteiger partial charge >= 0.3 is 5.97 Å². The lowest BCUT2D eigenvalue weighted by atomic mass is 10.1. The Morgan fingerprint density at radius 2 is 2.11 bits per heavy atom. The third kappa shape index (κ3) is 4.21. The number of carbonyl (C=O) groups is 1. The molecule has 0 saturated heterocycles. The summed E-state index contributed by atoms with van der Waals surface area (Å²) < 4.78 is 18.1. The first-order valence-electron chi connectivity index (χ1n) is 5.94. The van der Waals surface area contributed by atoms with Crippen molar-refractivity contribution < 1.29 is 13.9 Å². The minimum absolute atomic E-state index is 0.145. The lowest BCUT2D eigenvalue weighted by Gasteiger charge is -2.05. The molecule has 0 aliphatic carbocycles. The second-order valence-corrected chi connectivity index (χ2v) is 3.85. The Morgan fingerprint density at radius 1 is 1.42 bits per heavy atom. The van der Waals surface area contributed by atoms with Gasteiger partial charge in [-0.25, -0.2) is 9.18 Å². The van der Waals surface area contributed by atoms with E-state index in [1.165, 1.54) is 25.4 Å². The van der Waals surface area contributed by atoms with E-state index in [1.54, 1.807) is 6.08 Å². The summed E-state index contributed by atoms with van der Waals surface area (Å²) in [4.78, 5) is 15.7. The molecule has 0 aliphatic heterocycles. The molecule has 1 rings (SSSR count). The zero-order valence-corrected chi connectivity index (χ0v) is 11.0. The molecule has 19 heavy (non-hydrogen) atoms. The maximum absolute atomic E-state index is 13.5. The molecule has 0 radical (unpaired) electrons. The summed E-state index contributed by atoms with van der Waals surface area (Å²) in [5, 5.41) is 0. The number of hydrogen-bond donors (Lipinski definition) is 1. The average molecular weight is 264 g/mol. The van der Waals surface area contributed by atoms with Gasteiger partial charge in [0.15, 0.2) is 0 Å². The van der Waals surface area contributed by atoms with Gasteiger partial charge in [-0.05, 0) is 36.9 Å². The van der Waals surface area contributed by atoms with Crippen molar-refractivity contribution in [2.24, 2.45) is 10.7 Å². The number of methoxy groups -OCH3 is 1. The first kappa shape index (κ1) is 14.9. The smallest absolute Gasteiger partial charge is 0.337 e. The molecule has 0 unspecified atom stereocenters. The van der Waals surface area contributed by atoms with Crippen molar-refractivity contribution in [2.75, 3.05) is 13.7 Å². The number of halogens is 1. The van der Waals surface area contributed by atoms with Gasteiger partial charge in [0.2, 0.25) is 0 Å². The number of esters is 1. The molecule has 5 heteroatoms. The van der Waals surface area contributed by atoms with Crippen molar-refractivity contribution in [3.63, 3.8) is 0 Å². The highest BCUT2D eigenvalue weighted by Gasteiger charge is 2.11. The number of benzene rings is 1. The van der Waals surface area contributed by atoms with E-state index < -0.39 is 11.8 Å². The van der Waals surface area contributed by atoms with Gasteiger partial charge in [0.25, 0.3) is 0 Å². The van der Waals surface area contributed by atoms with Crippen molar-refractivity contribution in [2.45, 2.75) is 13.3 Å². The quantitative estimate of drug-likeness (QED) is 0.655. The molecule has 0 aliphatic rings. The zero-order valence-electron chi connectivity index (χ0n) is 11.0. The van der Waals surface area contributed by atoms with Gasteiger partial charge in [0.05, 0.1) is 18.4 Å². The highest BCUT2D eigenvalue weighted by atomic mass is 19.1. The molecule has 0 aromatic heterocycles. The van der Waals surface area contributed by atoms with Crippen LogP contribution in [0.3, 0.4) is 0 Å². The van der Waals surface area contributed by atoms with Crippen molar-refractivity contribution in [1.82, 2.24) is 0 Å². The Labute approximate surface area is 111 Å². The monoisotopic (exact) mass is 264 g/mol. The molecule has 0 atom stereocenters. The predicted molar refractivity (Wildman–Crippen MR) is 72.8 cm³/mol. The molecule has 102 valence electrons. The van der Waals surface area contributed by atoms with Crippen molar-refractivity contribution in [1.29, 1.82) is 0 Å². The fourth-order valence-corrected chi connectivity index (χ4v) is 1.54. The van der Waals surface area contributed by atoms with E-state index in [0.29, 0.717) is 17.8 Å². The Kier molecular flexibility index (Phi) is 5.73. The number of rotatable bonds is 5. The molecule has 1 aromatic rings. The Hall–Kier alpha value is -2.17. The van der Waals surface area contributed by atoms with E-state index in [9.17, 15) is 9.18 Å². The van der Waals surface area contributed by atoms with Gasteiger partial charge in [-0.1, -0.05) is 6.92 Å². The summed E-state index contributed by atoms with van der Waals surface area (Å²) >= 11 is 0. The molecule has 4 nitrogen and oxygen atoms in total. The van der Waals surface area contributed by atoms with E-state index in [2.05, 4.69) is 9.73 Å². The van der Waals surface area contributed by atoms with Gasteiger partial charge < -0.3 is 10.5 Å². The fraction of sp³-hybridized carbons (Fsp3) is 0.286. The van der Waals surface area contributed by atoms with Gasteiger partial charge in [0.1, 0.15) is 5.82 Å². The third-order valence-corrected chi connectivity index (χ3v) is 2.37. The number of allylic oxidation sites excluding steroid dienone is 1. The van der Waals surface area contributed by atoms with Gasteiger partial charge in [0, 0.05) is 12.1 Å². The number of carbonyl (C=O) groups excluding carboxylic acids is 1. The molecular formula is C14H17FN2O2. The standard InChI is InChI=1S/C14H17FN2O2/c1-3-6-17-13(4-5-16)10-7-11(14(18)19-2)9-12(15)8-10/h4-5,7-9H,3,6,16H2,1-2H3. The van der Waals surface area contributed by atoms with E-state index >= 15 is 0 Å². The first-order valence-corrected chi connectivity index (χ1v) is 5.94. The molecule has 1 aromatic carbocycles. The van der Waals surface area contributed by atoms with Crippen LogP contribution < -0.4 is 5.73 Å². The van der Waals surface area contributed by atoms with Crippen molar-refractivity contribution >= 4 is 11.7 Å². The normalized spacial score (nSPS) is 11.8. The van der Waals surface area contributed by atoms with Crippen LogP contribution in [0.2, 0.25) is 0 Å². The third-order valence-electron chi connectivity index (χ3n) is 2.37. The van der Waals surface area contributed by atoms with Crippen LogP contribution in [0.1, 0.15) is 29.3 Å². The summed E-state index contributed by atoms with van der Waals surface area (Å²) in [5.74, 6) is -1.11. The average Bonchev–Trinajstić information content (AvgIpc) is 2.41. The number of nitrogens with zero attached hydrogens (tertiary/aromatic N) is 1. The molecule has 2 N–H and O–H groups in total. The summed E-state index contributed by atoms with van der Waals surface area (Å²) in [7, 11) is 1.25. The number of aliphatic imine (C=N–C) groups is 1. The largest absolute Gasteiger partial charge is 0.465 e. The van der Waals surface area contributed by atoms with Gasteiger partial charge in [-0.2, -0.15) is 0 Å². The van der Waals surface area contributed by atoms with Crippen LogP contribution in [0.5, 0.6) is 0 Å². The van der Waals surface area contributed by atoms with Crippen LogP contribution in [0, 0.1) is 5.82 Å². The minimum Gasteiger partial charge on any atom is -0.465 e. The molecule has 0 fully saturated rings. The first-order chi connectivity index (χ1) is 9.12. The highest BCUT2D eigenvalue weighted by Crippen LogP contribution is 2.12. The van der Waals surface area contributed by atoms with E-state index in [4.69, 9.17) is 5.73 Å². The summed E-state index contributed by atoms with van der Waals surface area (Å²) in [6.07, 6.45) is 3.77. The molecule has 0 heterocycles. The van der Waals surface area contributed by atoms with Crippen LogP contribution in [-0.4, -0.2) is 25.3 Å². The Morgan fingerprint density at radius 3 is 2.68 bits per heavy atom. The molecule has 0 spiro atoms. The lowest BCUT2D eigenvalue weighted by molar-refractivity contribution is 0.0600. The number of ether oxygens (including phenoxy) is 1. The maximum atomic E-state index is 13.5. The number of hydrogen-bond acceptors (Lipinski definition) is 4. The van der Waals surface area contributed by atoms with Crippen LogP contribution in [0.25, 0.3) is 0 Å². The Bertz CT molecular complexity index is 510. The molecule has 0 saturated carbocycles. The second-order valence-electron chi connectivity index (χ2n) is 3.85. The maximum Gasteiger partial charge on any atom is 0.337 e. The predicted octanol–water partition coefficient (Wildman–Crippen LogP) is 2.28. The SMILES string of the molecule is CCCN=C(C=CN)c1cc(F)cc(C(=O)OC)c1. The summed E-state index contributed by atoms with van der Waals surface area (Å²) in [6, 6.07) is 3.96. The highest BCUT2D eigenvalue weighted by molar-refractivity contribution is 6.09. The van der Waals surface area contributed by atoms with Crippen molar-refractivity contribution in [3.8, 4) is 0 Å². The minimum atomic E-state index is -0.590. The van der Waals surface area contributed by atoms with Gasteiger partial charge in [-0.3, -0.25) is 4.99 Å². The van der Waals surface area contributed by atoms with Crippen LogP contribution in [-0.2, 0) is 4.74 Å². The zero-order chi connectivity index (χ0) is 14.3. The molecular weight excluding hydrogens is 247 g/mol. The summed E-state index contributed by atoms with van der Waals surface area (Å²) in [5.41, 5.74) is 6.53. The Balaban J connectivity index is 3.23. The van der Waals surface area contributed by atoms with Crippen LogP contribution in [0.4, 0.5) is 4.39 Å². The van der Waals surface area contributed by atoms with E-state index in [-0.39, 0.29) is 5.56 Å².